The summed E-state index contributed by atoms with van der Waals surface area (Å²) >= 11 is 1.28. The monoisotopic (exact) mass is 452 g/mol. The number of aryl methyl sites for hydroxylation is 1. The number of hydrogen-bond donors (Lipinski definition) is 1. The molecule has 0 aliphatic carbocycles. The molecule has 2 aliphatic rings. The van der Waals surface area contributed by atoms with Crippen molar-refractivity contribution in [1.29, 1.82) is 0 Å². The molecule has 166 valence electrons. The van der Waals surface area contributed by atoms with Gasteiger partial charge in [-0.15, -0.1) is 11.3 Å². The number of nitrogens with two attached hydrogens (primary N) is 1. The highest BCUT2D eigenvalue weighted by Gasteiger charge is 2.43. The number of aromatic nitrogens is 2. The summed E-state index contributed by atoms with van der Waals surface area (Å²) in [6.45, 7) is 2.87. The lowest BCUT2D eigenvalue weighted by Gasteiger charge is -2.37. The molecule has 2 N–H and O–H groups in total. The van der Waals surface area contributed by atoms with Gasteiger partial charge in [0.2, 0.25) is 0 Å². The van der Waals surface area contributed by atoms with Crippen LogP contribution in [0.15, 0.2) is 24.3 Å². The molecule has 31 heavy (non-hydrogen) atoms. The van der Waals surface area contributed by atoms with Crippen molar-refractivity contribution in [1.82, 2.24) is 14.8 Å². The Kier molecular flexibility index (Phi) is 5.00. The third kappa shape index (κ3) is 3.61. The lowest BCUT2D eigenvalue weighted by atomic mass is 9.74. The first-order valence-electron chi connectivity index (χ1n) is 10.2. The molecule has 0 radical (unpaired) electrons. The molecule has 6 nitrogen and oxygen atoms in total. The fraction of sp³-hybridized carbons (Fsp3) is 0.476. The van der Waals surface area contributed by atoms with Gasteiger partial charge in [0.1, 0.15) is 17.2 Å². The van der Waals surface area contributed by atoms with Crippen LogP contribution < -0.4 is 10.5 Å². The first-order chi connectivity index (χ1) is 14.8. The minimum absolute atomic E-state index is 0.0226. The minimum Gasteiger partial charge on any atom is -0.492 e. The molecule has 2 aliphatic heterocycles. The SMILES string of the molecule is Cn1nc(C(F)(F)F)c2cc(CON3CCC4(CC3)COc3ccc(CN)cc34)sc21. The molecule has 4 heterocycles. The van der Waals surface area contributed by atoms with Gasteiger partial charge >= 0.3 is 6.18 Å². The number of nitrogens with zero attached hydrogens (tertiary/aromatic N) is 3. The van der Waals surface area contributed by atoms with E-state index < -0.39 is 11.9 Å². The van der Waals surface area contributed by atoms with Crippen molar-refractivity contribution in [2.45, 2.75) is 37.6 Å². The first kappa shape index (κ1) is 20.7. The van der Waals surface area contributed by atoms with Gasteiger partial charge in [0.05, 0.1) is 6.61 Å². The standard InChI is InChI=1S/C21H23F3N4O2S/c1-27-19-15(18(26-27)21(22,23)24)9-14(31-19)11-30-28-6-4-20(5-7-28)12-29-17-3-2-13(10-25)8-16(17)20/h2-3,8-9H,4-7,10-12,25H2,1H3. The molecule has 2 aromatic heterocycles. The molecule has 0 amide bonds. The molecule has 5 rings (SSSR count). The minimum atomic E-state index is -4.47. The Morgan fingerprint density at radius 2 is 2.03 bits per heavy atom. The van der Waals surface area contributed by atoms with Gasteiger partial charge in [0.25, 0.3) is 0 Å². The maximum Gasteiger partial charge on any atom is 0.435 e. The van der Waals surface area contributed by atoms with E-state index in [1.165, 1.54) is 34.7 Å². The molecule has 10 heteroatoms. The van der Waals surface area contributed by atoms with Crippen LogP contribution >= 0.6 is 11.3 Å². The van der Waals surface area contributed by atoms with Gasteiger partial charge in [-0.1, -0.05) is 12.1 Å². The van der Waals surface area contributed by atoms with Crippen molar-refractivity contribution in [3.05, 3.63) is 46.0 Å². The Labute approximate surface area is 181 Å². The number of piperidine rings is 1. The van der Waals surface area contributed by atoms with Gasteiger partial charge < -0.3 is 10.5 Å². The van der Waals surface area contributed by atoms with Crippen molar-refractivity contribution in [3.63, 3.8) is 0 Å². The quantitative estimate of drug-likeness (QED) is 0.649. The van der Waals surface area contributed by atoms with Crippen molar-refractivity contribution in [2.24, 2.45) is 12.8 Å². The second kappa shape index (κ2) is 7.47. The number of rotatable bonds is 4. The molecule has 0 saturated carbocycles. The maximum absolute atomic E-state index is 13.2. The smallest absolute Gasteiger partial charge is 0.435 e. The fourth-order valence-electron chi connectivity index (χ4n) is 4.52. The zero-order valence-electron chi connectivity index (χ0n) is 17.0. The van der Waals surface area contributed by atoms with Gasteiger partial charge in [-0.25, -0.2) is 0 Å². The van der Waals surface area contributed by atoms with E-state index in [-0.39, 0.29) is 17.4 Å². The van der Waals surface area contributed by atoms with Crippen molar-refractivity contribution >= 4 is 21.6 Å². The van der Waals surface area contributed by atoms with Crippen LogP contribution in [0.2, 0.25) is 0 Å². The average molecular weight is 453 g/mol. The highest BCUT2D eigenvalue weighted by Crippen LogP contribution is 2.46. The lowest BCUT2D eigenvalue weighted by molar-refractivity contribution is -0.185. The van der Waals surface area contributed by atoms with Crippen molar-refractivity contribution in [2.75, 3.05) is 19.7 Å². The molecule has 0 atom stereocenters. The summed E-state index contributed by atoms with van der Waals surface area (Å²) in [7, 11) is 1.53. The summed E-state index contributed by atoms with van der Waals surface area (Å²) < 4.78 is 46.8. The van der Waals surface area contributed by atoms with Crippen LogP contribution in [0, 0.1) is 0 Å². The first-order valence-corrected chi connectivity index (χ1v) is 11.0. The topological polar surface area (TPSA) is 65.5 Å². The number of halogens is 3. The van der Waals surface area contributed by atoms with Gasteiger partial charge in [-0.3, -0.25) is 9.52 Å². The molecule has 0 unspecified atom stereocenters. The lowest BCUT2D eigenvalue weighted by Crippen LogP contribution is -2.43. The summed E-state index contributed by atoms with van der Waals surface area (Å²) in [6.07, 6.45) is -2.69. The van der Waals surface area contributed by atoms with E-state index in [9.17, 15) is 13.2 Å². The van der Waals surface area contributed by atoms with E-state index >= 15 is 0 Å². The summed E-state index contributed by atoms with van der Waals surface area (Å²) in [5.74, 6) is 0.936. The van der Waals surface area contributed by atoms with Gasteiger partial charge in [0, 0.05) is 47.9 Å². The van der Waals surface area contributed by atoms with E-state index in [1.54, 1.807) is 0 Å². The van der Waals surface area contributed by atoms with E-state index in [4.69, 9.17) is 15.3 Å². The number of hydroxylamine groups is 2. The molecule has 1 aromatic carbocycles. The molecule has 3 aromatic rings. The number of ether oxygens (including phenoxy) is 1. The summed E-state index contributed by atoms with van der Waals surface area (Å²) in [6, 6.07) is 7.69. The molecule has 0 bridgehead atoms. The highest BCUT2D eigenvalue weighted by molar-refractivity contribution is 7.18. The second-order valence-electron chi connectivity index (χ2n) is 8.21. The zero-order chi connectivity index (χ0) is 21.8. The third-order valence-corrected chi connectivity index (χ3v) is 7.43. The number of alkyl halides is 3. The second-order valence-corrected chi connectivity index (χ2v) is 9.32. The highest BCUT2D eigenvalue weighted by atomic mass is 32.1. The predicted molar refractivity (Wildman–Crippen MR) is 111 cm³/mol. The molecular formula is C21H23F3N4O2S. The Bertz CT molecular complexity index is 1120. The molecular weight excluding hydrogens is 429 g/mol. The molecule has 1 spiro atoms. The van der Waals surface area contributed by atoms with Crippen molar-refractivity contribution in [3.8, 4) is 5.75 Å². The summed E-state index contributed by atoms with van der Waals surface area (Å²) in [5.41, 5.74) is 7.27. The zero-order valence-corrected chi connectivity index (χ0v) is 17.9. The van der Waals surface area contributed by atoms with Crippen molar-refractivity contribution < 1.29 is 22.7 Å². The van der Waals surface area contributed by atoms with E-state index in [0.717, 1.165) is 42.1 Å². The number of fused-ring (bicyclic) bond motifs is 3. The van der Waals surface area contributed by atoms with Gasteiger partial charge in [0.15, 0.2) is 5.69 Å². The van der Waals surface area contributed by atoms with Crippen LogP contribution in [0.1, 0.15) is 34.5 Å². The van der Waals surface area contributed by atoms with Crippen LogP contribution in [-0.4, -0.2) is 34.5 Å². The third-order valence-electron chi connectivity index (χ3n) is 6.25. The van der Waals surface area contributed by atoms with Crippen LogP contribution in [0.5, 0.6) is 5.75 Å². The Hall–Kier alpha value is -2.14. The number of hydrogen-bond acceptors (Lipinski definition) is 6. The largest absolute Gasteiger partial charge is 0.492 e. The van der Waals surface area contributed by atoms with Gasteiger partial charge in [-0.05, 0) is 30.5 Å². The van der Waals surface area contributed by atoms with E-state index in [2.05, 4.69) is 11.2 Å². The summed E-state index contributed by atoms with van der Waals surface area (Å²) in [5, 5.41) is 5.65. The van der Waals surface area contributed by atoms with Crippen LogP contribution in [0.25, 0.3) is 10.2 Å². The molecule has 1 fully saturated rings. The predicted octanol–water partition coefficient (Wildman–Crippen LogP) is 3.97. The molecule has 1 saturated heterocycles. The van der Waals surface area contributed by atoms with Gasteiger partial charge in [-0.2, -0.15) is 23.3 Å². The maximum atomic E-state index is 13.2. The van der Waals surface area contributed by atoms with Crippen LogP contribution in [0.4, 0.5) is 13.2 Å². The summed E-state index contributed by atoms with van der Waals surface area (Å²) in [4.78, 5) is 7.19. The Balaban J connectivity index is 1.25. The Morgan fingerprint density at radius 3 is 2.74 bits per heavy atom. The number of benzene rings is 1. The van der Waals surface area contributed by atoms with E-state index in [1.807, 2.05) is 17.2 Å². The van der Waals surface area contributed by atoms with Crippen LogP contribution in [0.3, 0.4) is 0 Å². The average Bonchev–Trinajstić information content (AvgIpc) is 3.41. The normalized spacial score (nSPS) is 18.6. The van der Waals surface area contributed by atoms with E-state index in [0.29, 0.717) is 18.0 Å². The Morgan fingerprint density at radius 1 is 1.26 bits per heavy atom. The number of thiophene rings is 1. The van der Waals surface area contributed by atoms with Crippen LogP contribution in [-0.2, 0) is 36.6 Å². The fourth-order valence-corrected chi connectivity index (χ4v) is 5.50.